The summed E-state index contributed by atoms with van der Waals surface area (Å²) in [7, 11) is 0. The van der Waals surface area contributed by atoms with E-state index in [0.29, 0.717) is 0 Å². The third kappa shape index (κ3) is 3.41. The van der Waals surface area contributed by atoms with Gasteiger partial charge in [-0.2, -0.15) is 4.57 Å². The number of hydrogen-bond acceptors (Lipinski definition) is 1. The van der Waals surface area contributed by atoms with Gasteiger partial charge in [0.05, 0.1) is 0 Å². The van der Waals surface area contributed by atoms with Crippen molar-refractivity contribution in [2.75, 3.05) is 5.32 Å². The number of benzene rings is 1. The van der Waals surface area contributed by atoms with Crippen molar-refractivity contribution in [3.05, 3.63) is 59.9 Å². The van der Waals surface area contributed by atoms with Gasteiger partial charge in [-0.3, -0.25) is 4.79 Å². The first-order chi connectivity index (χ1) is 9.06. The van der Waals surface area contributed by atoms with Crippen molar-refractivity contribution >= 4 is 11.6 Å². The Morgan fingerprint density at radius 3 is 2.42 bits per heavy atom. The summed E-state index contributed by atoms with van der Waals surface area (Å²) in [6, 6.07) is 11.6. The molecular formula is C16H19N2O+. The number of hydrogen-bond donors (Lipinski definition) is 1. The SMILES string of the molecule is Cc1cc[n+]([C@H](C)C(=O)Nc2cccc(C)c2)cc1. The van der Waals surface area contributed by atoms with Crippen molar-refractivity contribution in [3.63, 3.8) is 0 Å². The summed E-state index contributed by atoms with van der Waals surface area (Å²) in [6.45, 7) is 5.93. The highest BCUT2D eigenvalue weighted by molar-refractivity contribution is 5.92. The third-order valence-corrected chi connectivity index (χ3v) is 3.13. The maximum absolute atomic E-state index is 12.2. The lowest BCUT2D eigenvalue weighted by Crippen LogP contribution is -2.43. The second-order valence-electron chi connectivity index (χ2n) is 4.86. The van der Waals surface area contributed by atoms with Crippen LogP contribution < -0.4 is 9.88 Å². The fourth-order valence-electron chi connectivity index (χ4n) is 1.88. The van der Waals surface area contributed by atoms with Gasteiger partial charge in [0.15, 0.2) is 12.4 Å². The van der Waals surface area contributed by atoms with E-state index in [9.17, 15) is 4.79 Å². The Bertz CT molecular complexity index is 576. The fraction of sp³-hybridized carbons (Fsp3) is 0.250. The summed E-state index contributed by atoms with van der Waals surface area (Å²) in [5, 5.41) is 2.94. The molecule has 1 atom stereocenters. The quantitative estimate of drug-likeness (QED) is 0.841. The standard InChI is InChI=1S/C16H18N2O/c1-12-7-9-18(10-8-12)14(3)16(19)17-15-6-4-5-13(2)11-15/h4-11,14H,1-3H3/p+1/t14-/m1/s1. The lowest BCUT2D eigenvalue weighted by molar-refractivity contribution is -0.705. The number of pyridine rings is 1. The third-order valence-electron chi connectivity index (χ3n) is 3.13. The first-order valence-electron chi connectivity index (χ1n) is 6.41. The maximum Gasteiger partial charge on any atom is 0.293 e. The van der Waals surface area contributed by atoms with Crippen molar-refractivity contribution in [2.45, 2.75) is 26.8 Å². The van der Waals surface area contributed by atoms with Gasteiger partial charge >= 0.3 is 0 Å². The lowest BCUT2D eigenvalue weighted by atomic mass is 10.2. The number of carbonyl (C=O) groups excluding carboxylic acids is 1. The topological polar surface area (TPSA) is 33.0 Å². The van der Waals surface area contributed by atoms with Crippen LogP contribution in [0.3, 0.4) is 0 Å². The van der Waals surface area contributed by atoms with Crippen LogP contribution in [0.1, 0.15) is 24.1 Å². The number of carbonyl (C=O) groups is 1. The van der Waals surface area contributed by atoms with Crippen LogP contribution in [0.4, 0.5) is 5.69 Å². The molecule has 2 aromatic rings. The number of nitrogens with zero attached hydrogens (tertiary/aromatic N) is 1. The maximum atomic E-state index is 12.2. The molecule has 3 heteroatoms. The van der Waals surface area contributed by atoms with Gasteiger partial charge in [0.1, 0.15) is 0 Å². The normalized spacial score (nSPS) is 11.9. The van der Waals surface area contributed by atoms with Crippen molar-refractivity contribution in [1.29, 1.82) is 0 Å². The number of amides is 1. The van der Waals surface area contributed by atoms with Crippen molar-refractivity contribution in [3.8, 4) is 0 Å². The van der Waals surface area contributed by atoms with Gasteiger partial charge in [-0.25, -0.2) is 0 Å². The molecule has 1 N–H and O–H groups in total. The predicted octanol–water partition coefficient (Wildman–Crippen LogP) is 2.79. The van der Waals surface area contributed by atoms with E-state index >= 15 is 0 Å². The van der Waals surface area contributed by atoms with Crippen LogP contribution in [-0.4, -0.2) is 5.91 Å². The molecule has 0 unspecified atom stereocenters. The predicted molar refractivity (Wildman–Crippen MR) is 75.9 cm³/mol. The average molecular weight is 255 g/mol. The highest BCUT2D eigenvalue weighted by atomic mass is 16.2. The van der Waals surface area contributed by atoms with Crippen molar-refractivity contribution in [1.82, 2.24) is 0 Å². The second-order valence-corrected chi connectivity index (χ2v) is 4.86. The van der Waals surface area contributed by atoms with Crippen LogP contribution >= 0.6 is 0 Å². The Kier molecular flexibility index (Phi) is 3.95. The van der Waals surface area contributed by atoms with E-state index in [1.54, 1.807) is 0 Å². The molecule has 1 heterocycles. The Labute approximate surface area is 113 Å². The summed E-state index contributed by atoms with van der Waals surface area (Å²) < 4.78 is 1.90. The van der Waals surface area contributed by atoms with E-state index in [1.165, 1.54) is 5.56 Å². The Morgan fingerprint density at radius 1 is 1.11 bits per heavy atom. The zero-order chi connectivity index (χ0) is 13.8. The van der Waals surface area contributed by atoms with Crippen molar-refractivity contribution < 1.29 is 9.36 Å². The highest BCUT2D eigenvalue weighted by Crippen LogP contribution is 2.11. The van der Waals surface area contributed by atoms with E-state index in [-0.39, 0.29) is 11.9 Å². The van der Waals surface area contributed by atoms with E-state index < -0.39 is 0 Å². The van der Waals surface area contributed by atoms with Gasteiger partial charge in [-0.05, 0) is 37.1 Å². The minimum Gasteiger partial charge on any atom is -0.320 e. The molecule has 1 aromatic heterocycles. The molecule has 0 aliphatic heterocycles. The average Bonchev–Trinajstić information content (AvgIpc) is 2.39. The molecule has 2 rings (SSSR count). The molecule has 0 radical (unpaired) electrons. The molecule has 0 saturated carbocycles. The molecule has 0 fully saturated rings. The summed E-state index contributed by atoms with van der Waals surface area (Å²) in [5.41, 5.74) is 3.15. The van der Waals surface area contributed by atoms with Crippen LogP contribution in [0.2, 0.25) is 0 Å². The largest absolute Gasteiger partial charge is 0.320 e. The van der Waals surface area contributed by atoms with Gasteiger partial charge in [0.2, 0.25) is 6.04 Å². The van der Waals surface area contributed by atoms with Gasteiger partial charge in [0, 0.05) is 24.7 Å². The van der Waals surface area contributed by atoms with Crippen LogP contribution in [0, 0.1) is 13.8 Å². The second kappa shape index (κ2) is 5.65. The zero-order valence-corrected chi connectivity index (χ0v) is 11.6. The summed E-state index contributed by atoms with van der Waals surface area (Å²) in [6.07, 6.45) is 3.85. The number of aryl methyl sites for hydroxylation is 2. The molecule has 0 bridgehead atoms. The summed E-state index contributed by atoms with van der Waals surface area (Å²) >= 11 is 0. The van der Waals surface area contributed by atoms with Crippen LogP contribution in [0.25, 0.3) is 0 Å². The molecule has 0 aliphatic rings. The zero-order valence-electron chi connectivity index (χ0n) is 11.6. The fourth-order valence-corrected chi connectivity index (χ4v) is 1.88. The monoisotopic (exact) mass is 255 g/mol. The smallest absolute Gasteiger partial charge is 0.293 e. The first-order valence-corrected chi connectivity index (χ1v) is 6.41. The van der Waals surface area contributed by atoms with E-state index in [4.69, 9.17) is 0 Å². The molecule has 3 nitrogen and oxygen atoms in total. The summed E-state index contributed by atoms with van der Waals surface area (Å²) in [5.74, 6) is -0.0144. The minimum atomic E-state index is -0.235. The molecule has 0 spiro atoms. The minimum absolute atomic E-state index is 0.0144. The van der Waals surface area contributed by atoms with Gasteiger partial charge < -0.3 is 5.32 Å². The molecule has 0 aliphatic carbocycles. The number of aromatic nitrogens is 1. The number of rotatable bonds is 3. The Balaban J connectivity index is 2.09. The van der Waals surface area contributed by atoms with Crippen LogP contribution in [0.15, 0.2) is 48.8 Å². The molecule has 0 saturated heterocycles. The highest BCUT2D eigenvalue weighted by Gasteiger charge is 2.21. The number of anilines is 1. The van der Waals surface area contributed by atoms with E-state index in [1.807, 2.05) is 74.1 Å². The summed E-state index contributed by atoms with van der Waals surface area (Å²) in [4.78, 5) is 12.2. The molecule has 1 amide bonds. The lowest BCUT2D eigenvalue weighted by Gasteiger charge is -2.09. The van der Waals surface area contributed by atoms with E-state index in [0.717, 1.165) is 11.3 Å². The first kappa shape index (κ1) is 13.3. The molecular weight excluding hydrogens is 236 g/mol. The van der Waals surface area contributed by atoms with Gasteiger partial charge in [0.25, 0.3) is 5.91 Å². The molecule has 1 aromatic carbocycles. The van der Waals surface area contributed by atoms with E-state index in [2.05, 4.69) is 5.32 Å². The Morgan fingerprint density at radius 2 is 1.79 bits per heavy atom. The molecule has 98 valence electrons. The van der Waals surface area contributed by atoms with Crippen LogP contribution in [0.5, 0.6) is 0 Å². The van der Waals surface area contributed by atoms with Crippen molar-refractivity contribution in [2.24, 2.45) is 0 Å². The van der Waals surface area contributed by atoms with Gasteiger partial charge in [-0.1, -0.05) is 12.1 Å². The van der Waals surface area contributed by atoms with Gasteiger partial charge in [-0.15, -0.1) is 0 Å². The molecule has 19 heavy (non-hydrogen) atoms. The number of nitrogens with one attached hydrogen (secondary N) is 1. The Hall–Kier alpha value is -2.16. The van der Waals surface area contributed by atoms with Crippen LogP contribution in [-0.2, 0) is 4.79 Å².